The minimum atomic E-state index is -4.10. The molecular formula is C20H22N2O7S. The monoisotopic (exact) mass is 434 g/mol. The lowest BCUT2D eigenvalue weighted by atomic mass is 9.87. The Kier molecular flexibility index (Phi) is 5.71. The number of hydrogen-bond acceptors (Lipinski definition) is 8. The summed E-state index contributed by atoms with van der Waals surface area (Å²) >= 11 is 0. The Hall–Kier alpha value is -3.14. The highest BCUT2D eigenvalue weighted by Crippen LogP contribution is 2.32. The molecule has 0 saturated heterocycles. The molecule has 3 rings (SSSR count). The third-order valence-electron chi connectivity index (χ3n) is 4.99. The number of sulfonamides is 1. The number of ether oxygens (including phenoxy) is 2. The summed E-state index contributed by atoms with van der Waals surface area (Å²) in [4.78, 5) is 37.4. The summed E-state index contributed by atoms with van der Waals surface area (Å²) in [5, 5.41) is 2.96. The van der Waals surface area contributed by atoms with Crippen molar-refractivity contribution >= 4 is 27.9 Å². The van der Waals surface area contributed by atoms with Gasteiger partial charge in [0, 0.05) is 17.3 Å². The lowest BCUT2D eigenvalue weighted by molar-refractivity contribution is -0.141. The van der Waals surface area contributed by atoms with E-state index in [-0.39, 0.29) is 28.2 Å². The van der Waals surface area contributed by atoms with E-state index in [0.29, 0.717) is 15.7 Å². The lowest BCUT2D eigenvalue weighted by Crippen LogP contribution is -2.36. The number of nitrogens with one attached hydrogen (secondary N) is 1. The van der Waals surface area contributed by atoms with E-state index in [0.717, 1.165) is 0 Å². The maximum absolute atomic E-state index is 12.8. The van der Waals surface area contributed by atoms with Gasteiger partial charge >= 0.3 is 11.9 Å². The molecule has 1 aromatic carbocycles. The Balaban J connectivity index is 1.79. The molecule has 160 valence electrons. The third-order valence-corrected chi connectivity index (χ3v) is 6.75. The predicted molar refractivity (Wildman–Crippen MR) is 105 cm³/mol. The van der Waals surface area contributed by atoms with E-state index in [1.54, 1.807) is 33.8 Å². The van der Waals surface area contributed by atoms with Crippen LogP contribution in [0.4, 0.5) is 0 Å². The molecule has 0 aromatic heterocycles. The zero-order valence-corrected chi connectivity index (χ0v) is 17.8. The Morgan fingerprint density at radius 1 is 1.07 bits per heavy atom. The molecule has 2 heterocycles. The van der Waals surface area contributed by atoms with Crippen molar-refractivity contribution < 1.29 is 32.3 Å². The summed E-state index contributed by atoms with van der Waals surface area (Å²) in [7, 11) is -4.10. The largest absolute Gasteiger partial charge is 0.463 e. The van der Waals surface area contributed by atoms with Crippen LogP contribution in [0.1, 0.15) is 38.1 Å². The number of fused-ring (bicyclic) bond motifs is 1. The van der Waals surface area contributed by atoms with Crippen LogP contribution in [0, 0.1) is 5.92 Å². The quantitative estimate of drug-likeness (QED) is 0.696. The molecule has 1 amide bonds. The van der Waals surface area contributed by atoms with Crippen molar-refractivity contribution in [2.75, 3.05) is 13.3 Å². The average molecular weight is 434 g/mol. The fourth-order valence-electron chi connectivity index (χ4n) is 3.63. The van der Waals surface area contributed by atoms with Crippen molar-refractivity contribution in [1.82, 2.24) is 9.62 Å². The predicted octanol–water partition coefficient (Wildman–Crippen LogP) is 1.68. The van der Waals surface area contributed by atoms with E-state index in [2.05, 4.69) is 5.32 Å². The van der Waals surface area contributed by atoms with Gasteiger partial charge in [-0.1, -0.05) is 19.1 Å². The minimum absolute atomic E-state index is 0.0276. The maximum Gasteiger partial charge on any atom is 0.338 e. The number of allylic oxidation sites excluding steroid dienone is 2. The molecule has 2 aliphatic heterocycles. The first-order valence-electron chi connectivity index (χ1n) is 9.30. The highest BCUT2D eigenvalue weighted by molar-refractivity contribution is 7.90. The van der Waals surface area contributed by atoms with Crippen molar-refractivity contribution in [2.24, 2.45) is 5.92 Å². The normalized spacial score (nSPS) is 20.1. The number of nitrogens with zero attached hydrogens (tertiary/aromatic N) is 1. The lowest BCUT2D eigenvalue weighted by Gasteiger charge is -2.28. The molecule has 2 aliphatic rings. The summed E-state index contributed by atoms with van der Waals surface area (Å²) in [6, 6.07) is 5.78. The van der Waals surface area contributed by atoms with Crippen molar-refractivity contribution in [2.45, 2.75) is 32.6 Å². The van der Waals surface area contributed by atoms with Gasteiger partial charge in [0.1, 0.15) is 4.90 Å². The fraction of sp³-hybridized carbons (Fsp3) is 0.350. The van der Waals surface area contributed by atoms with Crippen molar-refractivity contribution in [3.8, 4) is 0 Å². The van der Waals surface area contributed by atoms with Gasteiger partial charge in [0.25, 0.3) is 15.9 Å². The van der Waals surface area contributed by atoms with Gasteiger partial charge in [-0.15, -0.1) is 0 Å². The first-order valence-corrected chi connectivity index (χ1v) is 10.7. The van der Waals surface area contributed by atoms with Crippen LogP contribution in [-0.4, -0.2) is 43.9 Å². The molecular weight excluding hydrogens is 412 g/mol. The Labute approximate surface area is 174 Å². The first-order chi connectivity index (χ1) is 14.1. The van der Waals surface area contributed by atoms with Gasteiger partial charge in [-0.3, -0.25) is 4.79 Å². The van der Waals surface area contributed by atoms with E-state index < -0.39 is 40.5 Å². The second-order valence-corrected chi connectivity index (χ2v) is 8.69. The van der Waals surface area contributed by atoms with Crippen LogP contribution in [0.5, 0.6) is 0 Å². The Bertz CT molecular complexity index is 1100. The van der Waals surface area contributed by atoms with E-state index in [9.17, 15) is 22.8 Å². The number of carbonyl (C=O) groups is 3. The Morgan fingerprint density at radius 2 is 1.63 bits per heavy atom. The molecule has 1 aromatic rings. The average Bonchev–Trinajstić information content (AvgIpc) is 2.86. The van der Waals surface area contributed by atoms with Crippen molar-refractivity contribution in [3.63, 3.8) is 0 Å². The molecule has 1 unspecified atom stereocenters. The molecule has 0 fully saturated rings. The third kappa shape index (κ3) is 3.47. The maximum atomic E-state index is 12.8. The van der Waals surface area contributed by atoms with E-state index in [4.69, 9.17) is 9.47 Å². The van der Waals surface area contributed by atoms with E-state index in [1.165, 1.54) is 18.2 Å². The van der Waals surface area contributed by atoms with Gasteiger partial charge in [0.05, 0.1) is 23.3 Å². The topological polar surface area (TPSA) is 119 Å². The van der Waals surface area contributed by atoms with Gasteiger partial charge in [-0.2, -0.15) is 4.31 Å². The summed E-state index contributed by atoms with van der Waals surface area (Å²) in [6.07, 6.45) is 0. The molecule has 0 aliphatic carbocycles. The molecule has 10 heteroatoms. The smallest absolute Gasteiger partial charge is 0.338 e. The van der Waals surface area contributed by atoms with E-state index in [1.807, 2.05) is 0 Å². The summed E-state index contributed by atoms with van der Waals surface area (Å²) in [5.41, 5.74) is 1.50. The van der Waals surface area contributed by atoms with Gasteiger partial charge in [0.2, 0.25) is 0 Å². The highest BCUT2D eigenvalue weighted by atomic mass is 32.2. The molecule has 0 saturated carbocycles. The molecule has 1 N–H and O–H groups in total. The number of rotatable bonds is 5. The molecule has 0 spiro atoms. The number of dihydropyridines is 1. The molecule has 0 radical (unpaired) electrons. The van der Waals surface area contributed by atoms with Crippen LogP contribution in [0.3, 0.4) is 0 Å². The highest BCUT2D eigenvalue weighted by Gasteiger charge is 2.42. The van der Waals surface area contributed by atoms with Gasteiger partial charge in [-0.25, -0.2) is 18.0 Å². The zero-order chi connectivity index (χ0) is 22.2. The van der Waals surface area contributed by atoms with Crippen LogP contribution in [0.25, 0.3) is 0 Å². The minimum Gasteiger partial charge on any atom is -0.463 e. The van der Waals surface area contributed by atoms with Crippen molar-refractivity contribution in [3.05, 3.63) is 52.4 Å². The second kappa shape index (κ2) is 7.94. The Morgan fingerprint density at radius 3 is 2.20 bits per heavy atom. The zero-order valence-electron chi connectivity index (χ0n) is 17.0. The number of benzene rings is 1. The first kappa shape index (κ1) is 21.6. The summed E-state index contributed by atoms with van der Waals surface area (Å²) < 4.78 is 35.9. The molecule has 1 atom stereocenters. The van der Waals surface area contributed by atoms with Crippen LogP contribution < -0.4 is 5.32 Å². The number of esters is 2. The van der Waals surface area contributed by atoms with Gasteiger partial charge in [-0.05, 0) is 32.9 Å². The van der Waals surface area contributed by atoms with Gasteiger partial charge < -0.3 is 14.8 Å². The van der Waals surface area contributed by atoms with E-state index >= 15 is 0 Å². The SMILES string of the molecule is CCOC(=O)C1=C(C)NC(C)=C(C(=O)OCN2C(=O)c3ccccc3S2(=O)=O)C1C. The molecule has 9 nitrogen and oxygen atoms in total. The summed E-state index contributed by atoms with van der Waals surface area (Å²) in [6.45, 7) is 6.09. The van der Waals surface area contributed by atoms with Crippen molar-refractivity contribution in [1.29, 1.82) is 0 Å². The molecule has 0 bridgehead atoms. The number of amides is 1. The van der Waals surface area contributed by atoms with Crippen LogP contribution >= 0.6 is 0 Å². The van der Waals surface area contributed by atoms with Crippen LogP contribution in [0.15, 0.2) is 51.7 Å². The molecule has 30 heavy (non-hydrogen) atoms. The second-order valence-electron chi connectivity index (χ2n) is 6.86. The number of hydrogen-bond donors (Lipinski definition) is 1. The van der Waals surface area contributed by atoms with Crippen LogP contribution in [0.2, 0.25) is 0 Å². The van der Waals surface area contributed by atoms with Crippen LogP contribution in [-0.2, 0) is 29.1 Å². The summed E-state index contributed by atoms with van der Waals surface area (Å²) in [5.74, 6) is -2.79. The standard InChI is InChI=1S/C20H22N2O7S/c1-5-28-19(24)16-11(2)17(13(4)21-12(16)3)20(25)29-10-22-18(23)14-8-6-7-9-15(14)30(22,26)27/h6-9,11,21H,5,10H2,1-4H3. The number of carbonyl (C=O) groups excluding carboxylic acids is 3. The fourth-order valence-corrected chi connectivity index (χ4v) is 5.06. The van der Waals surface area contributed by atoms with Gasteiger partial charge in [0.15, 0.2) is 6.73 Å².